The second kappa shape index (κ2) is 4.99. The second-order valence-electron chi connectivity index (χ2n) is 3.26. The summed E-state index contributed by atoms with van der Waals surface area (Å²) in [5.41, 5.74) is 6.25. The van der Waals surface area contributed by atoms with Crippen molar-refractivity contribution in [3.63, 3.8) is 0 Å². The first kappa shape index (κ1) is 11.6. The quantitative estimate of drug-likeness (QED) is 0.871. The van der Waals surface area contributed by atoms with E-state index in [0.717, 1.165) is 14.1 Å². The molecule has 5 heteroatoms. The van der Waals surface area contributed by atoms with E-state index < -0.39 is 10.8 Å². The summed E-state index contributed by atoms with van der Waals surface area (Å²) in [5, 5.41) is 0. The van der Waals surface area contributed by atoms with Crippen LogP contribution in [0.1, 0.15) is 4.88 Å². The predicted octanol–water partition coefficient (Wildman–Crippen LogP) is 3.29. The van der Waals surface area contributed by atoms with Crippen LogP contribution in [0.4, 0.5) is 5.69 Å². The lowest BCUT2D eigenvalue weighted by Crippen LogP contribution is -1.95. The molecule has 0 radical (unpaired) electrons. The number of thiophene rings is 1. The number of hydrogen-bond acceptors (Lipinski definition) is 3. The molecule has 0 saturated heterocycles. The molecule has 0 amide bonds. The van der Waals surface area contributed by atoms with Crippen LogP contribution < -0.4 is 5.73 Å². The molecule has 0 aliphatic rings. The third-order valence-electron chi connectivity index (χ3n) is 2.05. The molecule has 2 aromatic rings. The van der Waals surface area contributed by atoms with Crippen molar-refractivity contribution in [3.05, 3.63) is 45.6 Å². The van der Waals surface area contributed by atoms with Gasteiger partial charge in [0.1, 0.15) is 0 Å². The van der Waals surface area contributed by atoms with Gasteiger partial charge in [0.2, 0.25) is 0 Å². The van der Waals surface area contributed by atoms with E-state index in [9.17, 15) is 4.21 Å². The van der Waals surface area contributed by atoms with Crippen LogP contribution in [0, 0.1) is 0 Å². The highest BCUT2D eigenvalue weighted by Gasteiger charge is 2.06. The van der Waals surface area contributed by atoms with Crippen molar-refractivity contribution in [2.45, 2.75) is 10.6 Å². The van der Waals surface area contributed by atoms with Crippen LogP contribution in [-0.4, -0.2) is 4.21 Å². The lowest BCUT2D eigenvalue weighted by Gasteiger charge is -2.00. The van der Waals surface area contributed by atoms with Crippen LogP contribution in [0.2, 0.25) is 4.34 Å². The summed E-state index contributed by atoms with van der Waals surface area (Å²) in [4.78, 5) is 1.82. The van der Waals surface area contributed by atoms with Gasteiger partial charge in [-0.2, -0.15) is 0 Å². The fourth-order valence-corrected chi connectivity index (χ4v) is 3.66. The van der Waals surface area contributed by atoms with E-state index in [0.29, 0.717) is 11.4 Å². The van der Waals surface area contributed by atoms with Crippen molar-refractivity contribution < 1.29 is 4.21 Å². The molecule has 2 nitrogen and oxygen atoms in total. The van der Waals surface area contributed by atoms with Crippen LogP contribution in [0.5, 0.6) is 0 Å². The predicted molar refractivity (Wildman–Crippen MR) is 70.3 cm³/mol. The molecule has 1 heterocycles. The number of nitrogen functional groups attached to an aromatic ring is 1. The van der Waals surface area contributed by atoms with Crippen molar-refractivity contribution in [3.8, 4) is 0 Å². The van der Waals surface area contributed by atoms with Gasteiger partial charge in [0, 0.05) is 15.5 Å². The number of anilines is 1. The second-order valence-corrected chi connectivity index (χ2v) is 6.52. The fraction of sp³-hybridized carbons (Fsp3) is 0.0909. The molecule has 16 heavy (non-hydrogen) atoms. The van der Waals surface area contributed by atoms with Gasteiger partial charge in [0.25, 0.3) is 0 Å². The van der Waals surface area contributed by atoms with Gasteiger partial charge >= 0.3 is 0 Å². The third kappa shape index (κ3) is 2.84. The first-order chi connectivity index (χ1) is 7.65. The molecule has 0 fully saturated rings. The largest absolute Gasteiger partial charge is 0.399 e. The Labute approximate surface area is 106 Å². The minimum absolute atomic E-state index is 0.501. The van der Waals surface area contributed by atoms with Gasteiger partial charge in [-0.3, -0.25) is 4.21 Å². The normalized spacial score (nSPS) is 12.6. The van der Waals surface area contributed by atoms with Gasteiger partial charge < -0.3 is 5.73 Å². The summed E-state index contributed by atoms with van der Waals surface area (Å²) in [6.45, 7) is 0. The summed E-state index contributed by atoms with van der Waals surface area (Å²) < 4.78 is 12.7. The van der Waals surface area contributed by atoms with Crippen molar-refractivity contribution in [2.75, 3.05) is 5.73 Å². The van der Waals surface area contributed by atoms with Crippen LogP contribution in [-0.2, 0) is 16.6 Å². The van der Waals surface area contributed by atoms with Gasteiger partial charge in [-0.15, -0.1) is 11.3 Å². The maximum absolute atomic E-state index is 12.0. The SMILES string of the molecule is Nc1ccc(S(=O)Cc2ccc(Cl)s2)cc1. The molecular weight excluding hydrogens is 262 g/mol. The number of rotatable bonds is 3. The van der Waals surface area contributed by atoms with Crippen LogP contribution in [0.15, 0.2) is 41.3 Å². The molecular formula is C11H10ClNOS2. The standard InChI is InChI=1S/C11H10ClNOS2/c12-11-6-3-9(15-11)7-16(14)10-4-1-8(13)2-5-10/h1-6H,7,13H2. The summed E-state index contributed by atoms with van der Waals surface area (Å²) in [6, 6.07) is 10.8. The molecule has 84 valence electrons. The zero-order valence-electron chi connectivity index (χ0n) is 8.35. The molecule has 0 saturated carbocycles. The smallest absolute Gasteiger partial charge is 0.0931 e. The van der Waals surface area contributed by atoms with E-state index in [4.69, 9.17) is 17.3 Å². The van der Waals surface area contributed by atoms with Crippen molar-refractivity contribution in [2.24, 2.45) is 0 Å². The Hall–Kier alpha value is -0.840. The molecule has 0 aliphatic carbocycles. The maximum Gasteiger partial charge on any atom is 0.0931 e. The van der Waals surface area contributed by atoms with E-state index in [1.165, 1.54) is 11.3 Å². The Morgan fingerprint density at radius 2 is 1.88 bits per heavy atom. The van der Waals surface area contributed by atoms with Crippen molar-refractivity contribution in [1.82, 2.24) is 0 Å². The van der Waals surface area contributed by atoms with Gasteiger partial charge in [-0.25, -0.2) is 0 Å². The summed E-state index contributed by atoms with van der Waals surface area (Å²) >= 11 is 7.28. The maximum atomic E-state index is 12.0. The van der Waals surface area contributed by atoms with E-state index in [1.807, 2.05) is 12.1 Å². The van der Waals surface area contributed by atoms with Crippen molar-refractivity contribution >= 4 is 39.4 Å². The molecule has 2 rings (SSSR count). The molecule has 1 aromatic carbocycles. The summed E-state index contributed by atoms with van der Waals surface area (Å²) in [7, 11) is -1.03. The minimum Gasteiger partial charge on any atom is -0.399 e. The van der Waals surface area contributed by atoms with E-state index in [-0.39, 0.29) is 0 Å². The lowest BCUT2D eigenvalue weighted by molar-refractivity contribution is 0.683. The van der Waals surface area contributed by atoms with Crippen LogP contribution in [0.3, 0.4) is 0 Å². The van der Waals surface area contributed by atoms with E-state index >= 15 is 0 Å². The number of halogens is 1. The highest BCUT2D eigenvalue weighted by Crippen LogP contribution is 2.24. The molecule has 0 bridgehead atoms. The lowest BCUT2D eigenvalue weighted by atomic mass is 10.3. The Morgan fingerprint density at radius 1 is 1.19 bits per heavy atom. The first-order valence-electron chi connectivity index (χ1n) is 4.63. The minimum atomic E-state index is -1.03. The Morgan fingerprint density at radius 3 is 2.44 bits per heavy atom. The molecule has 1 atom stereocenters. The molecule has 0 spiro atoms. The highest BCUT2D eigenvalue weighted by atomic mass is 35.5. The van der Waals surface area contributed by atoms with Gasteiger partial charge in [0.05, 0.1) is 20.9 Å². The van der Waals surface area contributed by atoms with E-state index in [2.05, 4.69) is 0 Å². The molecule has 1 aromatic heterocycles. The molecule has 2 N–H and O–H groups in total. The van der Waals surface area contributed by atoms with E-state index in [1.54, 1.807) is 24.3 Å². The van der Waals surface area contributed by atoms with Crippen LogP contribution in [0.25, 0.3) is 0 Å². The highest BCUT2D eigenvalue weighted by molar-refractivity contribution is 7.84. The fourth-order valence-electron chi connectivity index (χ4n) is 1.26. The first-order valence-corrected chi connectivity index (χ1v) is 7.14. The number of benzene rings is 1. The van der Waals surface area contributed by atoms with Gasteiger partial charge in [-0.05, 0) is 36.4 Å². The summed E-state index contributed by atoms with van der Waals surface area (Å²) in [6.07, 6.45) is 0. The number of hydrogen-bond donors (Lipinski definition) is 1. The molecule has 0 aliphatic heterocycles. The zero-order chi connectivity index (χ0) is 11.5. The van der Waals surface area contributed by atoms with Gasteiger partial charge in [-0.1, -0.05) is 11.6 Å². The van der Waals surface area contributed by atoms with Crippen molar-refractivity contribution in [1.29, 1.82) is 0 Å². The average Bonchev–Trinajstić information content (AvgIpc) is 2.65. The monoisotopic (exact) mass is 271 g/mol. The van der Waals surface area contributed by atoms with Gasteiger partial charge in [0.15, 0.2) is 0 Å². The van der Waals surface area contributed by atoms with Crippen LogP contribution >= 0.6 is 22.9 Å². The Kier molecular flexibility index (Phi) is 3.63. The Balaban J connectivity index is 2.11. The number of nitrogens with two attached hydrogens (primary N) is 1. The summed E-state index contributed by atoms with van der Waals surface area (Å²) in [5.74, 6) is 0.501. The zero-order valence-corrected chi connectivity index (χ0v) is 10.7. The average molecular weight is 272 g/mol. The topological polar surface area (TPSA) is 43.1 Å². The third-order valence-corrected chi connectivity index (χ3v) is 4.83. The molecule has 1 unspecified atom stereocenters. The Bertz CT molecular complexity index is 507.